The molecule has 2 aliphatic rings. The van der Waals surface area contributed by atoms with Crippen LogP contribution in [-0.2, 0) is 9.59 Å². The van der Waals surface area contributed by atoms with E-state index in [1.54, 1.807) is 24.3 Å². The number of ketones is 1. The van der Waals surface area contributed by atoms with Crippen molar-refractivity contribution in [3.63, 3.8) is 0 Å². The summed E-state index contributed by atoms with van der Waals surface area (Å²) in [4.78, 5) is 37.7. The van der Waals surface area contributed by atoms with Gasteiger partial charge >= 0.3 is 5.97 Å². The second-order valence-electron chi connectivity index (χ2n) is 10.6. The van der Waals surface area contributed by atoms with E-state index >= 15 is 0 Å². The number of carbonyl (C=O) groups excluding carboxylic acids is 3. The van der Waals surface area contributed by atoms with Gasteiger partial charge in [-0.25, -0.2) is 4.79 Å². The molecule has 1 heterocycles. The lowest BCUT2D eigenvalue weighted by Crippen LogP contribution is -2.61. The van der Waals surface area contributed by atoms with Gasteiger partial charge in [0.1, 0.15) is 17.3 Å². The zero-order chi connectivity index (χ0) is 25.5. The van der Waals surface area contributed by atoms with Gasteiger partial charge in [0.05, 0.1) is 11.7 Å². The Morgan fingerprint density at radius 1 is 1.09 bits per heavy atom. The molecule has 35 heavy (non-hydrogen) atoms. The molecule has 1 aliphatic carbocycles. The first-order valence-electron chi connectivity index (χ1n) is 12.9. The van der Waals surface area contributed by atoms with Gasteiger partial charge in [-0.1, -0.05) is 59.8 Å². The summed E-state index contributed by atoms with van der Waals surface area (Å²) in [5.74, 6) is 0.995. The van der Waals surface area contributed by atoms with Gasteiger partial charge in [0.15, 0.2) is 5.78 Å². The minimum absolute atomic E-state index is 0.0210. The maximum atomic E-state index is 12.9. The van der Waals surface area contributed by atoms with Crippen LogP contribution in [0, 0.1) is 23.7 Å². The molecule has 3 rings (SSSR count). The Balaban J connectivity index is 1.54. The average molecular weight is 504 g/mol. The van der Waals surface area contributed by atoms with Crippen molar-refractivity contribution < 1.29 is 19.1 Å². The Labute approximate surface area is 213 Å². The highest BCUT2D eigenvalue weighted by atomic mass is 32.2. The monoisotopic (exact) mass is 503 g/mol. The molecule has 1 saturated carbocycles. The number of rotatable bonds is 10. The lowest BCUT2D eigenvalue weighted by molar-refractivity contribution is -0.136. The zero-order valence-corrected chi connectivity index (χ0v) is 22.2. The van der Waals surface area contributed by atoms with E-state index < -0.39 is 12.0 Å². The first-order valence-corrected chi connectivity index (χ1v) is 14.0. The van der Waals surface area contributed by atoms with Crippen LogP contribution >= 0.6 is 11.8 Å². The third kappa shape index (κ3) is 7.79. The minimum Gasteiger partial charge on any atom is -0.425 e. The Morgan fingerprint density at radius 2 is 1.74 bits per heavy atom. The summed E-state index contributed by atoms with van der Waals surface area (Å²) >= 11 is 1.41. The molecule has 0 radical (unpaired) electrons. The highest BCUT2D eigenvalue weighted by molar-refractivity contribution is 8.00. The number of benzene rings is 1. The molecule has 2 fully saturated rings. The molecule has 0 bridgehead atoms. The van der Waals surface area contributed by atoms with Crippen molar-refractivity contribution in [2.45, 2.75) is 83.8 Å². The van der Waals surface area contributed by atoms with Gasteiger partial charge in [-0.2, -0.15) is 0 Å². The van der Waals surface area contributed by atoms with E-state index in [2.05, 4.69) is 24.5 Å². The predicted octanol–water partition coefficient (Wildman–Crippen LogP) is 4.11. The number of hydrogen-bond acceptors (Lipinski definition) is 7. The predicted molar refractivity (Wildman–Crippen MR) is 140 cm³/mol. The van der Waals surface area contributed by atoms with Crippen molar-refractivity contribution in [3.8, 4) is 5.75 Å². The second-order valence-corrected chi connectivity index (χ2v) is 11.7. The smallest absolute Gasteiger partial charge is 0.328 e. The van der Waals surface area contributed by atoms with Gasteiger partial charge in [0.2, 0.25) is 5.91 Å². The Bertz CT molecular complexity index is 868. The van der Waals surface area contributed by atoms with Gasteiger partial charge in [-0.3, -0.25) is 14.9 Å². The highest BCUT2D eigenvalue weighted by Crippen LogP contribution is 2.33. The topological polar surface area (TPSA) is 111 Å². The van der Waals surface area contributed by atoms with E-state index in [4.69, 9.17) is 10.5 Å². The molecule has 4 unspecified atom stereocenters. The van der Waals surface area contributed by atoms with Gasteiger partial charge in [0, 0.05) is 11.6 Å². The van der Waals surface area contributed by atoms with E-state index in [0.29, 0.717) is 17.2 Å². The number of nitrogens with two attached hydrogens (primary N) is 1. The first kappa shape index (κ1) is 27.7. The number of nitrogens with one attached hydrogen (secondary N) is 2. The number of ether oxygens (including phenoxy) is 1. The minimum atomic E-state index is -0.692. The van der Waals surface area contributed by atoms with E-state index in [1.807, 2.05) is 13.8 Å². The molecule has 0 aromatic heterocycles. The van der Waals surface area contributed by atoms with Crippen molar-refractivity contribution in [1.29, 1.82) is 0 Å². The van der Waals surface area contributed by atoms with Crippen LogP contribution in [0.2, 0.25) is 0 Å². The van der Waals surface area contributed by atoms with Crippen molar-refractivity contribution in [1.82, 2.24) is 10.6 Å². The third-order valence-electron chi connectivity index (χ3n) is 7.17. The van der Waals surface area contributed by atoms with E-state index in [0.717, 1.165) is 6.42 Å². The third-order valence-corrected chi connectivity index (χ3v) is 8.19. The van der Waals surface area contributed by atoms with E-state index in [-0.39, 0.29) is 46.7 Å². The molecule has 7 nitrogen and oxygen atoms in total. The molecule has 4 N–H and O–H groups in total. The number of thioether (sulfide) groups is 1. The SMILES string of the molecule is CC(C)C(N)C(=O)Oc1ccc(C(=O)CSC2NC(=O)C(C(C)C)C(CC3CCCCC3)N2)cc1. The zero-order valence-electron chi connectivity index (χ0n) is 21.4. The lowest BCUT2D eigenvalue weighted by Gasteiger charge is -2.41. The molecule has 1 amide bonds. The summed E-state index contributed by atoms with van der Waals surface area (Å²) in [6.45, 7) is 7.93. The number of carbonyl (C=O) groups is 3. The highest BCUT2D eigenvalue weighted by Gasteiger charge is 2.39. The van der Waals surface area contributed by atoms with E-state index in [9.17, 15) is 14.4 Å². The summed E-state index contributed by atoms with van der Waals surface area (Å²) in [5, 5.41) is 6.69. The van der Waals surface area contributed by atoms with Crippen LogP contribution in [0.15, 0.2) is 24.3 Å². The molecule has 1 aliphatic heterocycles. The quantitative estimate of drug-likeness (QED) is 0.250. The molecule has 1 aromatic carbocycles. The summed E-state index contributed by atoms with van der Waals surface area (Å²) < 4.78 is 5.30. The second kappa shape index (κ2) is 12.9. The molecule has 194 valence electrons. The summed E-state index contributed by atoms with van der Waals surface area (Å²) in [6, 6.07) is 5.96. The summed E-state index contributed by atoms with van der Waals surface area (Å²) in [5.41, 5.74) is 6.08. The number of hydrogen-bond donors (Lipinski definition) is 3. The molecule has 0 spiro atoms. The number of amides is 1. The van der Waals surface area contributed by atoms with Crippen LogP contribution < -0.4 is 21.1 Å². The van der Waals surface area contributed by atoms with Gasteiger partial charge < -0.3 is 15.8 Å². The van der Waals surface area contributed by atoms with Crippen LogP contribution in [0.3, 0.4) is 0 Å². The normalized spacial score (nSPS) is 24.3. The standard InChI is InChI=1S/C27H41N3O4S/c1-16(2)23-21(14-18-8-6-5-7-9-18)29-27(30-25(23)32)35-15-22(31)19-10-12-20(13-11-19)34-26(33)24(28)17(3)4/h10-13,16-18,21,23-24,27,29H,5-9,14-15,28H2,1-4H3,(H,30,32). The van der Waals surface area contributed by atoms with Gasteiger partial charge in [-0.05, 0) is 48.4 Å². The van der Waals surface area contributed by atoms with Crippen LogP contribution in [0.1, 0.15) is 76.6 Å². The Morgan fingerprint density at radius 3 is 2.34 bits per heavy atom. The van der Waals surface area contributed by atoms with Crippen LogP contribution in [-0.4, -0.2) is 41.0 Å². The maximum Gasteiger partial charge on any atom is 0.328 e. The molecular formula is C27H41N3O4S. The summed E-state index contributed by atoms with van der Waals surface area (Å²) in [7, 11) is 0. The van der Waals surface area contributed by atoms with Crippen LogP contribution in [0.4, 0.5) is 0 Å². The first-order chi connectivity index (χ1) is 16.7. The Kier molecular flexibility index (Phi) is 10.2. The van der Waals surface area contributed by atoms with E-state index in [1.165, 1.54) is 43.9 Å². The fraction of sp³-hybridized carbons (Fsp3) is 0.667. The van der Waals surface area contributed by atoms with Crippen molar-refractivity contribution in [2.24, 2.45) is 29.4 Å². The molecule has 1 aromatic rings. The fourth-order valence-corrected chi connectivity index (χ4v) is 5.96. The van der Waals surface area contributed by atoms with Crippen LogP contribution in [0.5, 0.6) is 5.75 Å². The number of Topliss-reactive ketones (excluding diaryl/α,β-unsaturated/α-hetero) is 1. The molecule has 1 saturated heterocycles. The number of esters is 1. The maximum absolute atomic E-state index is 12.9. The van der Waals surface area contributed by atoms with Crippen LogP contribution in [0.25, 0.3) is 0 Å². The lowest BCUT2D eigenvalue weighted by atomic mass is 9.78. The fourth-order valence-electron chi connectivity index (χ4n) is 5.01. The molecular weight excluding hydrogens is 462 g/mol. The average Bonchev–Trinajstić information content (AvgIpc) is 2.82. The van der Waals surface area contributed by atoms with Crippen molar-refractivity contribution >= 4 is 29.4 Å². The largest absolute Gasteiger partial charge is 0.425 e. The van der Waals surface area contributed by atoms with Gasteiger partial charge in [0.25, 0.3) is 0 Å². The Hall–Kier alpha value is -1.90. The van der Waals surface area contributed by atoms with Crippen molar-refractivity contribution in [3.05, 3.63) is 29.8 Å². The van der Waals surface area contributed by atoms with Crippen molar-refractivity contribution in [2.75, 3.05) is 5.75 Å². The molecule has 8 heteroatoms. The molecule has 4 atom stereocenters. The summed E-state index contributed by atoms with van der Waals surface area (Å²) in [6.07, 6.45) is 7.39. The van der Waals surface area contributed by atoms with Gasteiger partial charge in [-0.15, -0.1) is 11.8 Å².